The van der Waals surface area contributed by atoms with E-state index in [1.165, 1.54) is 0 Å². The average Bonchev–Trinajstić information content (AvgIpc) is 2.64. The maximum atomic E-state index is 12.0. The molecule has 0 unspecified atom stereocenters. The van der Waals surface area contributed by atoms with Gasteiger partial charge in [0.1, 0.15) is 18.1 Å². The minimum Gasteiger partial charge on any atom is -0.490 e. The zero-order valence-corrected chi connectivity index (χ0v) is 16.0. The monoisotopic (exact) mass is 438 g/mol. The smallest absolute Gasteiger partial charge is 0.276 e. The van der Waals surface area contributed by atoms with Gasteiger partial charge >= 0.3 is 0 Å². The molecule has 0 fully saturated rings. The van der Waals surface area contributed by atoms with Crippen LogP contribution in [0.4, 0.5) is 0 Å². The third kappa shape index (κ3) is 6.09. The topological polar surface area (TPSA) is 76.7 Å². The molecule has 0 aliphatic carbocycles. The number of hydrogen-bond acceptors (Lipinski definition) is 4. The van der Waals surface area contributed by atoms with Crippen LogP contribution in [0.15, 0.2) is 59.6 Å². The molecule has 136 valence electrons. The fraction of sp³-hybridized carbons (Fsp3) is 0.111. The summed E-state index contributed by atoms with van der Waals surface area (Å²) in [5, 5.41) is 0.370. The fourth-order valence-corrected chi connectivity index (χ4v) is 2.56. The molecule has 0 spiro atoms. The largest absolute Gasteiger partial charge is 0.490 e. The van der Waals surface area contributed by atoms with Gasteiger partial charge in [0, 0.05) is 10.0 Å². The first kappa shape index (κ1) is 19.8. The Labute approximate surface area is 164 Å². The molecule has 0 aromatic heterocycles. The summed E-state index contributed by atoms with van der Waals surface area (Å²) in [7, 11) is 0. The fourth-order valence-electron chi connectivity index (χ4n) is 1.83. The van der Waals surface area contributed by atoms with Crippen LogP contribution in [0.3, 0.4) is 0 Å². The van der Waals surface area contributed by atoms with Crippen molar-refractivity contribution < 1.29 is 19.1 Å². The Kier molecular flexibility index (Phi) is 7.50. The minimum atomic E-state index is -0.525. The molecular formula is C18H16BrClN2O4. The van der Waals surface area contributed by atoms with Crippen molar-refractivity contribution in [2.45, 2.75) is 0 Å². The second-order valence-electron chi connectivity index (χ2n) is 4.99. The third-order valence-corrected chi connectivity index (χ3v) is 3.84. The van der Waals surface area contributed by atoms with Crippen molar-refractivity contribution in [1.29, 1.82) is 0 Å². The van der Waals surface area contributed by atoms with E-state index >= 15 is 0 Å². The summed E-state index contributed by atoms with van der Waals surface area (Å²) in [6.07, 6.45) is 1.62. The quantitative estimate of drug-likeness (QED) is 0.511. The van der Waals surface area contributed by atoms with Gasteiger partial charge in [-0.25, -0.2) is 0 Å². The van der Waals surface area contributed by atoms with Crippen LogP contribution in [0.2, 0.25) is 5.02 Å². The molecule has 8 heteroatoms. The molecule has 0 saturated carbocycles. The summed E-state index contributed by atoms with van der Waals surface area (Å²) < 4.78 is 11.4. The Bertz CT molecular complexity index is 796. The van der Waals surface area contributed by atoms with Gasteiger partial charge in [-0.05, 0) is 42.5 Å². The Morgan fingerprint density at radius 2 is 1.85 bits per heavy atom. The van der Waals surface area contributed by atoms with Crippen LogP contribution in [-0.4, -0.2) is 25.0 Å². The SMILES string of the molecule is C=CCOc1ccc(C(=O)NNC(=O)COc2ccc(Br)cc2Cl)cc1. The van der Waals surface area contributed by atoms with Crippen molar-refractivity contribution in [3.05, 3.63) is 70.2 Å². The standard InChI is InChI=1S/C18H16BrClN2O4/c1-2-9-25-14-6-3-12(4-7-14)18(24)22-21-17(23)11-26-16-8-5-13(19)10-15(16)20/h2-8,10H,1,9,11H2,(H,21,23)(H,22,24). The molecule has 0 atom stereocenters. The van der Waals surface area contributed by atoms with Gasteiger partial charge < -0.3 is 9.47 Å². The van der Waals surface area contributed by atoms with Gasteiger partial charge in [0.2, 0.25) is 0 Å². The molecule has 2 N–H and O–H groups in total. The first-order valence-electron chi connectivity index (χ1n) is 7.50. The number of nitrogens with one attached hydrogen (secondary N) is 2. The lowest BCUT2D eigenvalue weighted by Crippen LogP contribution is -2.43. The molecule has 26 heavy (non-hydrogen) atoms. The van der Waals surface area contributed by atoms with E-state index in [1.54, 1.807) is 48.5 Å². The lowest BCUT2D eigenvalue weighted by atomic mass is 10.2. The van der Waals surface area contributed by atoms with Crippen LogP contribution in [0, 0.1) is 0 Å². The van der Waals surface area contributed by atoms with Gasteiger partial charge in [0.05, 0.1) is 5.02 Å². The lowest BCUT2D eigenvalue weighted by Gasteiger charge is -2.10. The molecule has 2 rings (SSSR count). The summed E-state index contributed by atoms with van der Waals surface area (Å²) in [5.74, 6) is -0.00437. The number of hydrogen-bond donors (Lipinski definition) is 2. The molecule has 0 aliphatic rings. The van der Waals surface area contributed by atoms with E-state index < -0.39 is 11.8 Å². The Morgan fingerprint density at radius 3 is 2.50 bits per heavy atom. The second kappa shape index (κ2) is 9.84. The predicted molar refractivity (Wildman–Crippen MR) is 102 cm³/mol. The van der Waals surface area contributed by atoms with Gasteiger partial charge in [-0.2, -0.15) is 0 Å². The van der Waals surface area contributed by atoms with Crippen molar-refractivity contribution in [1.82, 2.24) is 10.9 Å². The van der Waals surface area contributed by atoms with Gasteiger partial charge in [-0.15, -0.1) is 0 Å². The predicted octanol–water partition coefficient (Wildman–Crippen LogP) is 3.51. The molecule has 0 radical (unpaired) electrons. The summed E-state index contributed by atoms with van der Waals surface area (Å²) in [6, 6.07) is 11.5. The molecule has 2 aromatic rings. The number of benzene rings is 2. The Balaban J connectivity index is 1.79. The number of carbonyl (C=O) groups is 2. The number of carbonyl (C=O) groups excluding carboxylic acids is 2. The minimum absolute atomic E-state index is 0.296. The zero-order chi connectivity index (χ0) is 18.9. The van der Waals surface area contributed by atoms with Crippen LogP contribution in [0.1, 0.15) is 10.4 Å². The van der Waals surface area contributed by atoms with Gasteiger partial charge in [-0.3, -0.25) is 20.4 Å². The van der Waals surface area contributed by atoms with Crippen molar-refractivity contribution in [3.63, 3.8) is 0 Å². The van der Waals surface area contributed by atoms with Gasteiger partial charge in [0.25, 0.3) is 11.8 Å². The summed E-state index contributed by atoms with van der Waals surface area (Å²) in [4.78, 5) is 23.8. The molecule has 0 bridgehead atoms. The number of hydrazine groups is 1. The van der Waals surface area contributed by atoms with Crippen LogP contribution < -0.4 is 20.3 Å². The zero-order valence-electron chi connectivity index (χ0n) is 13.6. The van der Waals surface area contributed by atoms with Crippen LogP contribution >= 0.6 is 27.5 Å². The lowest BCUT2D eigenvalue weighted by molar-refractivity contribution is -0.123. The molecular weight excluding hydrogens is 424 g/mol. The number of rotatable bonds is 7. The van der Waals surface area contributed by atoms with E-state index in [4.69, 9.17) is 21.1 Å². The van der Waals surface area contributed by atoms with Crippen molar-refractivity contribution in [2.75, 3.05) is 13.2 Å². The van der Waals surface area contributed by atoms with Crippen LogP contribution in [-0.2, 0) is 4.79 Å². The van der Waals surface area contributed by atoms with Crippen molar-refractivity contribution in [3.8, 4) is 11.5 Å². The average molecular weight is 440 g/mol. The molecule has 2 aromatic carbocycles. The number of halogens is 2. The van der Waals surface area contributed by atoms with E-state index in [1.807, 2.05) is 0 Å². The van der Waals surface area contributed by atoms with E-state index in [0.717, 1.165) is 4.47 Å². The van der Waals surface area contributed by atoms with Gasteiger partial charge in [0.15, 0.2) is 6.61 Å². The summed E-state index contributed by atoms with van der Waals surface area (Å²) in [5.41, 5.74) is 4.94. The maximum absolute atomic E-state index is 12.0. The van der Waals surface area contributed by atoms with Gasteiger partial charge in [-0.1, -0.05) is 40.2 Å². The summed E-state index contributed by atoms with van der Waals surface area (Å²) >= 11 is 9.27. The van der Waals surface area contributed by atoms with Crippen molar-refractivity contribution >= 4 is 39.3 Å². The second-order valence-corrected chi connectivity index (χ2v) is 6.31. The maximum Gasteiger partial charge on any atom is 0.276 e. The van der Waals surface area contributed by atoms with Crippen LogP contribution in [0.25, 0.3) is 0 Å². The van der Waals surface area contributed by atoms with E-state index in [-0.39, 0.29) is 6.61 Å². The van der Waals surface area contributed by atoms with E-state index in [9.17, 15) is 9.59 Å². The Morgan fingerprint density at radius 1 is 1.12 bits per heavy atom. The van der Waals surface area contributed by atoms with E-state index in [2.05, 4.69) is 33.4 Å². The first-order chi connectivity index (χ1) is 12.5. The molecule has 0 saturated heterocycles. The molecule has 0 heterocycles. The third-order valence-electron chi connectivity index (χ3n) is 3.05. The highest BCUT2D eigenvalue weighted by atomic mass is 79.9. The highest BCUT2D eigenvalue weighted by Gasteiger charge is 2.09. The van der Waals surface area contributed by atoms with Crippen LogP contribution in [0.5, 0.6) is 11.5 Å². The molecule has 2 amide bonds. The first-order valence-corrected chi connectivity index (χ1v) is 8.67. The molecule has 0 aliphatic heterocycles. The number of amides is 2. The van der Waals surface area contributed by atoms with E-state index in [0.29, 0.717) is 28.7 Å². The molecule has 6 nitrogen and oxygen atoms in total. The highest BCUT2D eigenvalue weighted by molar-refractivity contribution is 9.10. The number of ether oxygens (including phenoxy) is 2. The highest BCUT2D eigenvalue weighted by Crippen LogP contribution is 2.27. The van der Waals surface area contributed by atoms with Crippen molar-refractivity contribution in [2.24, 2.45) is 0 Å². The normalized spacial score (nSPS) is 9.92. The summed E-state index contributed by atoms with van der Waals surface area (Å²) in [6.45, 7) is 3.64. The Hall–Kier alpha value is -2.51.